The lowest BCUT2D eigenvalue weighted by Crippen LogP contribution is -2.27. The molecule has 0 aliphatic heterocycles. The summed E-state index contributed by atoms with van der Waals surface area (Å²) in [4.78, 5) is 41.6. The molecule has 0 heterocycles. The van der Waals surface area contributed by atoms with Crippen LogP contribution in [0.4, 0.5) is 0 Å². The van der Waals surface area contributed by atoms with Gasteiger partial charge in [0.05, 0.1) is 13.0 Å². The normalized spacial score (nSPS) is 8.92. The standard InChI is InChI=1S/C7H9NO5/c9-4-8(5-10)3-6(11)1-2-7(12)13/h4-5H,1-3H2,(H,12,13). The van der Waals surface area contributed by atoms with Gasteiger partial charge in [0.1, 0.15) is 0 Å². The number of ketones is 1. The molecule has 6 nitrogen and oxygen atoms in total. The number of hydrogen-bond donors (Lipinski definition) is 1. The first-order chi connectivity index (χ1) is 6.10. The highest BCUT2D eigenvalue weighted by molar-refractivity contribution is 5.87. The molecule has 0 unspecified atom stereocenters. The molecule has 0 aliphatic rings. The van der Waals surface area contributed by atoms with Crippen molar-refractivity contribution < 1.29 is 24.3 Å². The summed E-state index contributed by atoms with van der Waals surface area (Å²) in [5.74, 6) is -1.54. The lowest BCUT2D eigenvalue weighted by molar-refractivity contribution is -0.139. The summed E-state index contributed by atoms with van der Waals surface area (Å²) in [5.41, 5.74) is 0. The van der Waals surface area contributed by atoms with Gasteiger partial charge in [-0.3, -0.25) is 24.1 Å². The maximum atomic E-state index is 10.9. The number of carbonyl (C=O) groups excluding carboxylic acids is 3. The fourth-order valence-corrected chi connectivity index (χ4v) is 0.628. The van der Waals surface area contributed by atoms with Crippen LogP contribution in [0.15, 0.2) is 0 Å². The van der Waals surface area contributed by atoms with Gasteiger partial charge in [0.2, 0.25) is 12.8 Å². The molecule has 0 bridgehead atoms. The van der Waals surface area contributed by atoms with E-state index in [0.717, 1.165) is 0 Å². The first kappa shape index (κ1) is 11.3. The van der Waals surface area contributed by atoms with Crippen LogP contribution in [0.25, 0.3) is 0 Å². The summed E-state index contributed by atoms with van der Waals surface area (Å²) in [5, 5.41) is 8.21. The highest BCUT2D eigenvalue weighted by atomic mass is 16.4. The number of Topliss-reactive ketones (excluding diaryl/α,β-unsaturated/α-hetero) is 1. The zero-order chi connectivity index (χ0) is 10.3. The molecule has 0 atom stereocenters. The van der Waals surface area contributed by atoms with Crippen LogP contribution < -0.4 is 0 Å². The van der Waals surface area contributed by atoms with Gasteiger partial charge in [-0.25, -0.2) is 0 Å². The third-order valence-corrected chi connectivity index (χ3v) is 1.25. The van der Waals surface area contributed by atoms with E-state index in [-0.39, 0.29) is 32.2 Å². The predicted octanol–water partition coefficient (Wildman–Crippen LogP) is -0.965. The Morgan fingerprint density at radius 2 is 1.69 bits per heavy atom. The Bertz CT molecular complexity index is 217. The second-order valence-corrected chi connectivity index (χ2v) is 2.32. The largest absolute Gasteiger partial charge is 0.481 e. The van der Waals surface area contributed by atoms with Crippen molar-refractivity contribution >= 4 is 24.6 Å². The van der Waals surface area contributed by atoms with Crippen LogP contribution in [0.5, 0.6) is 0 Å². The van der Waals surface area contributed by atoms with E-state index in [0.29, 0.717) is 4.90 Å². The summed E-state index contributed by atoms with van der Waals surface area (Å²) in [6.07, 6.45) is -0.0325. The molecule has 0 aliphatic carbocycles. The SMILES string of the molecule is O=CN(C=O)CC(=O)CCC(=O)O. The van der Waals surface area contributed by atoms with Gasteiger partial charge in [-0.15, -0.1) is 0 Å². The van der Waals surface area contributed by atoms with Gasteiger partial charge in [-0.05, 0) is 0 Å². The Morgan fingerprint density at radius 1 is 1.15 bits per heavy atom. The lowest BCUT2D eigenvalue weighted by atomic mass is 10.2. The molecular weight excluding hydrogens is 178 g/mol. The average Bonchev–Trinajstić information content (AvgIpc) is 2.10. The van der Waals surface area contributed by atoms with Crippen molar-refractivity contribution in [1.82, 2.24) is 4.90 Å². The fourth-order valence-electron chi connectivity index (χ4n) is 0.628. The Kier molecular flexibility index (Phi) is 5.09. The summed E-state index contributed by atoms with van der Waals surface area (Å²) in [6.45, 7) is -0.361. The van der Waals surface area contributed by atoms with Crippen LogP contribution in [-0.4, -0.2) is 41.1 Å². The number of amides is 2. The minimum Gasteiger partial charge on any atom is -0.481 e. The number of carbonyl (C=O) groups is 4. The van der Waals surface area contributed by atoms with E-state index in [4.69, 9.17) is 5.11 Å². The number of hydrogen-bond acceptors (Lipinski definition) is 4. The summed E-state index contributed by atoms with van der Waals surface area (Å²) in [7, 11) is 0. The minimum absolute atomic E-state index is 0.173. The molecule has 0 radical (unpaired) electrons. The quantitative estimate of drug-likeness (QED) is 0.518. The number of nitrogens with zero attached hydrogens (tertiary/aromatic N) is 1. The van der Waals surface area contributed by atoms with Crippen LogP contribution in [0, 0.1) is 0 Å². The van der Waals surface area contributed by atoms with E-state index in [1.165, 1.54) is 0 Å². The summed E-state index contributed by atoms with van der Waals surface area (Å²) in [6, 6.07) is 0. The van der Waals surface area contributed by atoms with Crippen LogP contribution >= 0.6 is 0 Å². The first-order valence-corrected chi connectivity index (χ1v) is 3.50. The highest BCUT2D eigenvalue weighted by Crippen LogP contribution is 1.92. The smallest absolute Gasteiger partial charge is 0.303 e. The molecule has 0 fully saturated rings. The third kappa shape index (κ3) is 5.54. The molecular formula is C7H9NO5. The third-order valence-electron chi connectivity index (χ3n) is 1.25. The molecule has 72 valence electrons. The zero-order valence-electron chi connectivity index (χ0n) is 6.80. The van der Waals surface area contributed by atoms with E-state index < -0.39 is 11.8 Å². The van der Waals surface area contributed by atoms with E-state index in [2.05, 4.69) is 0 Å². The van der Waals surface area contributed by atoms with Crippen molar-refractivity contribution in [2.75, 3.05) is 6.54 Å². The van der Waals surface area contributed by atoms with Gasteiger partial charge in [0.15, 0.2) is 5.78 Å². The van der Waals surface area contributed by atoms with Crippen LogP contribution in [0.2, 0.25) is 0 Å². The number of rotatable bonds is 7. The summed E-state index contributed by atoms with van der Waals surface area (Å²) < 4.78 is 0. The maximum absolute atomic E-state index is 10.9. The predicted molar refractivity (Wildman–Crippen MR) is 40.7 cm³/mol. The number of carboxylic acids is 1. The Hall–Kier alpha value is -1.72. The monoisotopic (exact) mass is 187 g/mol. The lowest BCUT2D eigenvalue weighted by Gasteiger charge is -2.05. The molecule has 0 aromatic rings. The van der Waals surface area contributed by atoms with Gasteiger partial charge in [0.25, 0.3) is 0 Å². The average molecular weight is 187 g/mol. The van der Waals surface area contributed by atoms with E-state index in [1.54, 1.807) is 0 Å². The zero-order valence-corrected chi connectivity index (χ0v) is 6.80. The van der Waals surface area contributed by atoms with E-state index in [1.807, 2.05) is 0 Å². The molecule has 6 heteroatoms. The maximum Gasteiger partial charge on any atom is 0.303 e. The van der Waals surface area contributed by atoms with Gasteiger partial charge >= 0.3 is 5.97 Å². The number of aliphatic carboxylic acids is 1. The minimum atomic E-state index is -1.09. The Balaban J connectivity index is 3.79. The number of carboxylic acid groups (broad SMARTS) is 1. The Morgan fingerprint density at radius 3 is 2.08 bits per heavy atom. The molecule has 1 N–H and O–H groups in total. The Labute approximate surface area is 74.1 Å². The fraction of sp³-hybridized carbons (Fsp3) is 0.429. The van der Waals surface area contributed by atoms with E-state index >= 15 is 0 Å². The van der Waals surface area contributed by atoms with Gasteiger partial charge in [0, 0.05) is 6.42 Å². The van der Waals surface area contributed by atoms with Crippen molar-refractivity contribution in [2.24, 2.45) is 0 Å². The molecule has 13 heavy (non-hydrogen) atoms. The van der Waals surface area contributed by atoms with Crippen molar-refractivity contribution in [3.05, 3.63) is 0 Å². The molecule has 0 rings (SSSR count). The van der Waals surface area contributed by atoms with Gasteiger partial charge < -0.3 is 5.11 Å². The second kappa shape index (κ2) is 5.87. The highest BCUT2D eigenvalue weighted by Gasteiger charge is 2.09. The molecule has 0 saturated carbocycles. The van der Waals surface area contributed by atoms with Crippen LogP contribution in [-0.2, 0) is 19.2 Å². The molecule has 0 aromatic heterocycles. The second-order valence-electron chi connectivity index (χ2n) is 2.32. The first-order valence-electron chi connectivity index (χ1n) is 3.50. The van der Waals surface area contributed by atoms with Gasteiger partial charge in [-0.1, -0.05) is 0 Å². The van der Waals surface area contributed by atoms with Crippen LogP contribution in [0.1, 0.15) is 12.8 Å². The topological polar surface area (TPSA) is 91.8 Å². The van der Waals surface area contributed by atoms with E-state index in [9.17, 15) is 19.2 Å². The van der Waals surface area contributed by atoms with Crippen molar-refractivity contribution in [1.29, 1.82) is 0 Å². The summed E-state index contributed by atoms with van der Waals surface area (Å²) >= 11 is 0. The number of imide groups is 1. The molecule has 0 aromatic carbocycles. The van der Waals surface area contributed by atoms with Crippen LogP contribution in [0.3, 0.4) is 0 Å². The van der Waals surface area contributed by atoms with Crippen molar-refractivity contribution in [3.8, 4) is 0 Å². The molecule has 0 spiro atoms. The molecule has 0 saturated heterocycles. The van der Waals surface area contributed by atoms with Gasteiger partial charge in [-0.2, -0.15) is 0 Å². The van der Waals surface area contributed by atoms with Crippen molar-refractivity contribution in [3.63, 3.8) is 0 Å². The van der Waals surface area contributed by atoms with Crippen molar-refractivity contribution in [2.45, 2.75) is 12.8 Å². The molecule has 2 amide bonds.